The van der Waals surface area contributed by atoms with E-state index >= 15 is 0 Å². The molecule has 134 valence electrons. The minimum atomic E-state index is -0.176. The second kappa shape index (κ2) is 6.79. The molecular formula is C18H16Cl2N4O2. The summed E-state index contributed by atoms with van der Waals surface area (Å²) in [5, 5.41) is 1.12. The molecule has 0 fully saturated rings. The van der Waals surface area contributed by atoms with E-state index in [0.717, 1.165) is 23.6 Å². The first-order valence-corrected chi connectivity index (χ1v) is 8.89. The van der Waals surface area contributed by atoms with E-state index in [2.05, 4.69) is 14.9 Å². The highest BCUT2D eigenvalue weighted by Gasteiger charge is 2.22. The van der Waals surface area contributed by atoms with Gasteiger partial charge in [-0.05, 0) is 30.3 Å². The summed E-state index contributed by atoms with van der Waals surface area (Å²) in [4.78, 5) is 21.0. The number of nitrogen functional groups attached to an aromatic ring is 1. The lowest BCUT2D eigenvalue weighted by molar-refractivity contribution is 0.223. The molecule has 0 radical (unpaired) electrons. The van der Waals surface area contributed by atoms with Gasteiger partial charge in [0.1, 0.15) is 11.5 Å². The van der Waals surface area contributed by atoms with Crippen LogP contribution in [0.25, 0.3) is 11.3 Å². The Bertz CT molecular complexity index is 1030. The number of fused-ring (bicyclic) bond motifs is 1. The predicted octanol–water partition coefficient (Wildman–Crippen LogP) is 3.48. The zero-order valence-electron chi connectivity index (χ0n) is 13.8. The van der Waals surface area contributed by atoms with Gasteiger partial charge in [0.2, 0.25) is 5.95 Å². The summed E-state index contributed by atoms with van der Waals surface area (Å²) >= 11 is 12.2. The number of halogens is 2. The van der Waals surface area contributed by atoms with Crippen molar-refractivity contribution in [3.05, 3.63) is 67.7 Å². The number of nitrogens with two attached hydrogens (primary N) is 1. The van der Waals surface area contributed by atoms with Crippen molar-refractivity contribution in [2.75, 3.05) is 12.3 Å². The smallest absolute Gasteiger partial charge is 0.257 e. The normalized spacial score (nSPS) is 14.4. The van der Waals surface area contributed by atoms with Crippen LogP contribution in [0.4, 0.5) is 5.95 Å². The largest absolute Gasteiger partial charge is 0.460 e. The van der Waals surface area contributed by atoms with Crippen LogP contribution in [0.1, 0.15) is 17.0 Å². The van der Waals surface area contributed by atoms with Crippen LogP contribution in [-0.4, -0.2) is 21.4 Å². The van der Waals surface area contributed by atoms with Gasteiger partial charge in [0.15, 0.2) is 0 Å². The van der Waals surface area contributed by atoms with Crippen LogP contribution in [0, 0.1) is 0 Å². The molecule has 4 rings (SSSR count). The Morgan fingerprint density at radius 2 is 2.12 bits per heavy atom. The summed E-state index contributed by atoms with van der Waals surface area (Å²) in [6, 6.07) is 9.10. The van der Waals surface area contributed by atoms with Crippen LogP contribution in [0.3, 0.4) is 0 Å². The number of rotatable bonds is 3. The maximum absolute atomic E-state index is 12.1. The van der Waals surface area contributed by atoms with Gasteiger partial charge in [0, 0.05) is 30.1 Å². The summed E-state index contributed by atoms with van der Waals surface area (Å²) in [6.45, 7) is 1.88. The van der Waals surface area contributed by atoms with Crippen molar-refractivity contribution >= 4 is 29.2 Å². The topological polar surface area (TPSA) is 88.1 Å². The molecule has 0 saturated carbocycles. The van der Waals surface area contributed by atoms with Crippen LogP contribution >= 0.6 is 23.2 Å². The first kappa shape index (κ1) is 17.1. The van der Waals surface area contributed by atoms with Gasteiger partial charge in [-0.1, -0.05) is 23.2 Å². The number of nitrogens with zero attached hydrogens (tertiary/aromatic N) is 2. The van der Waals surface area contributed by atoms with E-state index in [-0.39, 0.29) is 11.5 Å². The number of aromatic nitrogens is 2. The summed E-state index contributed by atoms with van der Waals surface area (Å²) < 4.78 is 5.94. The fraction of sp³-hybridized carbons (Fsp3) is 0.222. The van der Waals surface area contributed by atoms with E-state index in [0.29, 0.717) is 40.9 Å². The van der Waals surface area contributed by atoms with Gasteiger partial charge >= 0.3 is 0 Å². The van der Waals surface area contributed by atoms with Crippen molar-refractivity contribution in [2.24, 2.45) is 0 Å². The Morgan fingerprint density at radius 1 is 1.27 bits per heavy atom. The molecule has 1 aliphatic rings. The van der Waals surface area contributed by atoms with Gasteiger partial charge in [-0.15, -0.1) is 0 Å². The lowest BCUT2D eigenvalue weighted by atomic mass is 10.1. The maximum Gasteiger partial charge on any atom is 0.257 e. The summed E-state index contributed by atoms with van der Waals surface area (Å²) in [7, 11) is 0. The van der Waals surface area contributed by atoms with Gasteiger partial charge in [-0.3, -0.25) is 14.7 Å². The number of aromatic amines is 1. The number of hydrogen-bond acceptors (Lipinski definition) is 5. The van der Waals surface area contributed by atoms with Crippen LogP contribution < -0.4 is 11.3 Å². The fourth-order valence-electron chi connectivity index (χ4n) is 3.15. The Balaban J connectivity index is 1.52. The van der Waals surface area contributed by atoms with Crippen molar-refractivity contribution < 1.29 is 4.42 Å². The number of benzene rings is 1. The molecule has 0 saturated heterocycles. The van der Waals surface area contributed by atoms with Crippen molar-refractivity contribution in [3.8, 4) is 11.3 Å². The highest BCUT2D eigenvalue weighted by molar-refractivity contribution is 6.36. The fourth-order valence-corrected chi connectivity index (χ4v) is 3.65. The molecule has 3 heterocycles. The van der Waals surface area contributed by atoms with E-state index in [1.807, 2.05) is 18.2 Å². The Morgan fingerprint density at radius 3 is 2.92 bits per heavy atom. The highest BCUT2D eigenvalue weighted by Crippen LogP contribution is 2.32. The lowest BCUT2D eigenvalue weighted by Gasteiger charge is -2.26. The highest BCUT2D eigenvalue weighted by atomic mass is 35.5. The first-order valence-electron chi connectivity index (χ1n) is 8.13. The van der Waals surface area contributed by atoms with E-state index < -0.39 is 0 Å². The molecule has 8 heteroatoms. The van der Waals surface area contributed by atoms with E-state index in [9.17, 15) is 4.79 Å². The van der Waals surface area contributed by atoms with Gasteiger partial charge in [-0.2, -0.15) is 0 Å². The average Bonchev–Trinajstić information content (AvgIpc) is 3.03. The monoisotopic (exact) mass is 390 g/mol. The standard InChI is InChI=1S/C18H16Cl2N4O2/c19-10-1-3-12(14(20)7-10)16-4-2-11(26-16)8-24-6-5-15-13(9-24)17(25)23-18(21)22-15/h1-4,7H,5-6,8-9H2,(H3,21,22,23,25). The Kier molecular flexibility index (Phi) is 4.48. The summed E-state index contributed by atoms with van der Waals surface area (Å²) in [5.41, 5.74) is 7.66. The van der Waals surface area contributed by atoms with Gasteiger partial charge in [-0.25, -0.2) is 4.98 Å². The van der Waals surface area contributed by atoms with Crippen LogP contribution in [0.5, 0.6) is 0 Å². The zero-order valence-corrected chi connectivity index (χ0v) is 15.3. The number of furan rings is 1. The molecule has 0 unspecified atom stereocenters. The third kappa shape index (κ3) is 3.35. The minimum Gasteiger partial charge on any atom is -0.460 e. The molecule has 1 aromatic carbocycles. The van der Waals surface area contributed by atoms with E-state index in [4.69, 9.17) is 33.4 Å². The number of anilines is 1. The second-order valence-electron chi connectivity index (χ2n) is 6.23. The van der Waals surface area contributed by atoms with Crippen LogP contribution in [-0.2, 0) is 19.5 Å². The molecule has 3 N–H and O–H groups in total. The lowest BCUT2D eigenvalue weighted by Crippen LogP contribution is -2.35. The third-order valence-corrected chi connectivity index (χ3v) is 4.95. The maximum atomic E-state index is 12.1. The Labute approximate surface area is 159 Å². The van der Waals surface area contributed by atoms with Crippen molar-refractivity contribution in [2.45, 2.75) is 19.5 Å². The van der Waals surface area contributed by atoms with Crippen molar-refractivity contribution in [3.63, 3.8) is 0 Å². The first-order chi connectivity index (χ1) is 12.5. The number of nitrogens with one attached hydrogen (secondary N) is 1. The second-order valence-corrected chi connectivity index (χ2v) is 7.07. The SMILES string of the molecule is Nc1nc2c(c(=O)[nH]1)CN(Cc1ccc(-c3ccc(Cl)cc3Cl)o1)CC2. The Hall–Kier alpha value is -2.28. The van der Waals surface area contributed by atoms with Crippen LogP contribution in [0.15, 0.2) is 39.5 Å². The van der Waals surface area contributed by atoms with Crippen molar-refractivity contribution in [1.82, 2.24) is 14.9 Å². The summed E-state index contributed by atoms with van der Waals surface area (Å²) in [6.07, 6.45) is 0.681. The van der Waals surface area contributed by atoms with Crippen LogP contribution in [0.2, 0.25) is 10.0 Å². The molecule has 2 aromatic heterocycles. The third-order valence-electron chi connectivity index (χ3n) is 4.40. The van der Waals surface area contributed by atoms with Gasteiger partial charge in [0.25, 0.3) is 5.56 Å². The molecule has 6 nitrogen and oxygen atoms in total. The van der Waals surface area contributed by atoms with Crippen molar-refractivity contribution in [1.29, 1.82) is 0 Å². The summed E-state index contributed by atoms with van der Waals surface area (Å²) in [5.74, 6) is 1.65. The van der Waals surface area contributed by atoms with E-state index in [1.54, 1.807) is 12.1 Å². The zero-order chi connectivity index (χ0) is 18.3. The van der Waals surface area contributed by atoms with E-state index in [1.165, 1.54) is 0 Å². The predicted molar refractivity (Wildman–Crippen MR) is 101 cm³/mol. The minimum absolute atomic E-state index is 0.165. The molecule has 0 spiro atoms. The molecule has 1 aliphatic heterocycles. The number of hydrogen-bond donors (Lipinski definition) is 2. The molecule has 3 aromatic rings. The molecule has 0 atom stereocenters. The average molecular weight is 391 g/mol. The van der Waals surface area contributed by atoms with Gasteiger partial charge < -0.3 is 10.2 Å². The molecule has 26 heavy (non-hydrogen) atoms. The molecular weight excluding hydrogens is 375 g/mol. The molecule has 0 bridgehead atoms. The van der Waals surface area contributed by atoms with Gasteiger partial charge in [0.05, 0.1) is 22.8 Å². The molecule has 0 aliphatic carbocycles. The number of H-pyrrole nitrogens is 1. The molecule has 0 amide bonds. The quantitative estimate of drug-likeness (QED) is 0.714.